The van der Waals surface area contributed by atoms with E-state index in [9.17, 15) is 0 Å². The van der Waals surface area contributed by atoms with Crippen LogP contribution in [0.3, 0.4) is 0 Å². The highest BCUT2D eigenvalue weighted by Crippen LogP contribution is 2.24. The van der Waals surface area contributed by atoms with E-state index in [1.807, 2.05) is 6.07 Å². The fraction of sp³-hybridized carbons (Fsp3) is 0.632. The number of aliphatic imine (C=N–C) groups is 1. The zero-order valence-corrected chi connectivity index (χ0v) is 18.1. The Hall–Kier alpha value is -0.820. The van der Waals surface area contributed by atoms with Crippen molar-refractivity contribution in [3.05, 3.63) is 29.3 Å². The van der Waals surface area contributed by atoms with Gasteiger partial charge in [0.15, 0.2) is 5.96 Å². The minimum absolute atomic E-state index is 0. The lowest BCUT2D eigenvalue weighted by atomic mass is 9.94. The Kier molecular flexibility index (Phi) is 7.99. The van der Waals surface area contributed by atoms with Crippen LogP contribution in [0.25, 0.3) is 0 Å². The van der Waals surface area contributed by atoms with Crippen LogP contribution in [0.5, 0.6) is 0 Å². The summed E-state index contributed by atoms with van der Waals surface area (Å²) in [5, 5.41) is 3.20. The summed E-state index contributed by atoms with van der Waals surface area (Å²) >= 11 is 0. The molecule has 1 unspecified atom stereocenters. The van der Waals surface area contributed by atoms with Gasteiger partial charge in [0.05, 0.1) is 6.54 Å². The van der Waals surface area contributed by atoms with Gasteiger partial charge in [-0.05, 0) is 76.3 Å². The molecule has 0 saturated carbocycles. The Morgan fingerprint density at radius 1 is 1.33 bits per heavy atom. The molecule has 3 N–H and O–H groups in total. The Bertz CT molecular complexity index is 568. The number of likely N-dealkylation sites (tertiary alicyclic amines) is 1. The highest BCUT2D eigenvalue weighted by molar-refractivity contribution is 14.0. The lowest BCUT2D eigenvalue weighted by Crippen LogP contribution is -2.51. The quantitative estimate of drug-likeness (QED) is 0.417. The molecule has 0 bridgehead atoms. The molecule has 5 heteroatoms. The van der Waals surface area contributed by atoms with Crippen LogP contribution in [0.1, 0.15) is 44.7 Å². The largest absolute Gasteiger partial charge is 0.370 e. The second-order valence-electron chi connectivity index (χ2n) is 7.63. The van der Waals surface area contributed by atoms with Gasteiger partial charge in [0, 0.05) is 17.8 Å². The van der Waals surface area contributed by atoms with Crippen molar-refractivity contribution in [2.45, 2.75) is 53.0 Å². The summed E-state index contributed by atoms with van der Waals surface area (Å²) in [7, 11) is 0. The summed E-state index contributed by atoms with van der Waals surface area (Å²) in [6.07, 6.45) is 2.62. The molecule has 1 saturated heterocycles. The van der Waals surface area contributed by atoms with Gasteiger partial charge in [-0.3, -0.25) is 9.89 Å². The van der Waals surface area contributed by atoms with Crippen molar-refractivity contribution in [3.63, 3.8) is 0 Å². The third kappa shape index (κ3) is 5.92. The van der Waals surface area contributed by atoms with E-state index < -0.39 is 0 Å². The van der Waals surface area contributed by atoms with E-state index >= 15 is 0 Å². The van der Waals surface area contributed by atoms with Gasteiger partial charge in [0.25, 0.3) is 0 Å². The molecule has 1 fully saturated rings. The SMILES string of the molecule is Cc1ccc(NC(N)=NCC(C)(C)N2CCCC(C)C2)cc1C.I. The summed E-state index contributed by atoms with van der Waals surface area (Å²) in [4.78, 5) is 7.13. The molecule has 1 atom stereocenters. The maximum Gasteiger partial charge on any atom is 0.193 e. The first-order valence-electron chi connectivity index (χ1n) is 8.67. The highest BCUT2D eigenvalue weighted by Gasteiger charge is 2.29. The minimum Gasteiger partial charge on any atom is -0.370 e. The number of piperidine rings is 1. The molecule has 0 radical (unpaired) electrons. The minimum atomic E-state index is 0. The van der Waals surface area contributed by atoms with Crippen LogP contribution in [-0.4, -0.2) is 36.0 Å². The number of nitrogens with zero attached hydrogens (tertiary/aromatic N) is 2. The molecule has 4 nitrogen and oxygen atoms in total. The monoisotopic (exact) mass is 444 g/mol. The average Bonchev–Trinajstić information content (AvgIpc) is 2.49. The Morgan fingerprint density at radius 3 is 2.67 bits per heavy atom. The van der Waals surface area contributed by atoms with E-state index in [0.29, 0.717) is 12.5 Å². The third-order valence-electron chi connectivity index (χ3n) is 4.93. The van der Waals surface area contributed by atoms with E-state index in [0.717, 1.165) is 24.7 Å². The number of benzene rings is 1. The molecule has 1 aliphatic heterocycles. The van der Waals surface area contributed by atoms with Crippen LogP contribution in [0.2, 0.25) is 0 Å². The second-order valence-corrected chi connectivity index (χ2v) is 7.63. The molecule has 0 amide bonds. The zero-order chi connectivity index (χ0) is 17.0. The maximum absolute atomic E-state index is 6.08. The summed E-state index contributed by atoms with van der Waals surface area (Å²) in [5.74, 6) is 1.27. The summed E-state index contributed by atoms with van der Waals surface area (Å²) < 4.78 is 0. The molecular weight excluding hydrogens is 411 g/mol. The number of halogens is 1. The van der Waals surface area contributed by atoms with Crippen LogP contribution < -0.4 is 11.1 Å². The van der Waals surface area contributed by atoms with Crippen molar-refractivity contribution in [2.75, 3.05) is 25.0 Å². The van der Waals surface area contributed by atoms with E-state index in [-0.39, 0.29) is 29.5 Å². The molecule has 136 valence electrons. The number of hydrogen-bond acceptors (Lipinski definition) is 2. The van der Waals surface area contributed by atoms with Crippen molar-refractivity contribution in [3.8, 4) is 0 Å². The van der Waals surface area contributed by atoms with Gasteiger partial charge >= 0.3 is 0 Å². The lowest BCUT2D eigenvalue weighted by molar-refractivity contribution is 0.0775. The molecule has 0 aliphatic carbocycles. The number of hydrogen-bond donors (Lipinski definition) is 2. The van der Waals surface area contributed by atoms with E-state index in [1.165, 1.54) is 24.0 Å². The lowest BCUT2D eigenvalue weighted by Gasteiger charge is -2.42. The molecule has 0 aromatic heterocycles. The number of anilines is 1. The Balaban J connectivity index is 0.00000288. The Morgan fingerprint density at radius 2 is 2.04 bits per heavy atom. The molecular formula is C19H33IN4. The number of rotatable bonds is 4. The van der Waals surface area contributed by atoms with Gasteiger partial charge in [-0.2, -0.15) is 0 Å². The van der Waals surface area contributed by atoms with Gasteiger partial charge in [-0.1, -0.05) is 13.0 Å². The fourth-order valence-corrected chi connectivity index (χ4v) is 3.12. The van der Waals surface area contributed by atoms with Gasteiger partial charge in [-0.25, -0.2) is 0 Å². The summed E-state index contributed by atoms with van der Waals surface area (Å²) in [6, 6.07) is 6.25. The van der Waals surface area contributed by atoms with Crippen LogP contribution >= 0.6 is 24.0 Å². The van der Waals surface area contributed by atoms with E-state index in [2.05, 4.69) is 62.0 Å². The molecule has 1 heterocycles. The second kappa shape index (κ2) is 9.04. The first kappa shape index (κ1) is 21.2. The summed E-state index contributed by atoms with van der Waals surface area (Å²) in [6.45, 7) is 14.1. The summed E-state index contributed by atoms with van der Waals surface area (Å²) in [5.41, 5.74) is 9.66. The zero-order valence-electron chi connectivity index (χ0n) is 15.7. The first-order chi connectivity index (χ1) is 10.8. The highest BCUT2D eigenvalue weighted by atomic mass is 127. The molecule has 2 rings (SSSR count). The molecule has 24 heavy (non-hydrogen) atoms. The number of nitrogens with two attached hydrogens (primary N) is 1. The van der Waals surface area contributed by atoms with Crippen molar-refractivity contribution in [2.24, 2.45) is 16.6 Å². The van der Waals surface area contributed by atoms with Gasteiger partial charge in [0.2, 0.25) is 0 Å². The van der Waals surface area contributed by atoms with Crippen molar-refractivity contribution < 1.29 is 0 Å². The predicted molar refractivity (Wildman–Crippen MR) is 115 cm³/mol. The van der Waals surface area contributed by atoms with Crippen molar-refractivity contribution >= 4 is 35.6 Å². The molecule has 0 spiro atoms. The molecule has 1 aromatic carbocycles. The number of nitrogens with one attached hydrogen (secondary N) is 1. The number of guanidine groups is 1. The standard InChI is InChI=1S/C19H32N4.HI/c1-14-7-6-10-23(12-14)19(4,5)13-21-18(20)22-17-9-8-15(2)16(3)11-17;/h8-9,11,14H,6-7,10,12-13H2,1-5H3,(H3,20,21,22);1H. The molecule has 1 aromatic rings. The topological polar surface area (TPSA) is 53.6 Å². The third-order valence-corrected chi connectivity index (χ3v) is 4.93. The van der Waals surface area contributed by atoms with E-state index in [4.69, 9.17) is 5.73 Å². The number of aryl methyl sites for hydroxylation is 2. The Labute approximate surface area is 164 Å². The van der Waals surface area contributed by atoms with Gasteiger partial charge < -0.3 is 11.1 Å². The smallest absolute Gasteiger partial charge is 0.193 e. The van der Waals surface area contributed by atoms with Crippen LogP contribution in [-0.2, 0) is 0 Å². The molecule has 1 aliphatic rings. The van der Waals surface area contributed by atoms with Crippen LogP contribution in [0.15, 0.2) is 23.2 Å². The van der Waals surface area contributed by atoms with Gasteiger partial charge in [-0.15, -0.1) is 24.0 Å². The normalized spacial score (nSPS) is 19.7. The maximum atomic E-state index is 6.08. The van der Waals surface area contributed by atoms with E-state index in [1.54, 1.807) is 0 Å². The van der Waals surface area contributed by atoms with Crippen molar-refractivity contribution in [1.29, 1.82) is 0 Å². The predicted octanol–water partition coefficient (Wildman–Crippen LogP) is 4.16. The average molecular weight is 444 g/mol. The van der Waals surface area contributed by atoms with Crippen LogP contribution in [0.4, 0.5) is 5.69 Å². The van der Waals surface area contributed by atoms with Crippen LogP contribution in [0, 0.1) is 19.8 Å². The first-order valence-corrected chi connectivity index (χ1v) is 8.67. The fourth-order valence-electron chi connectivity index (χ4n) is 3.12. The van der Waals surface area contributed by atoms with Gasteiger partial charge in [0.1, 0.15) is 0 Å². The van der Waals surface area contributed by atoms with Crippen molar-refractivity contribution in [1.82, 2.24) is 4.90 Å².